The smallest absolute Gasteiger partial charge is 0.0353 e. The Bertz CT molecular complexity index is 722. The van der Waals surface area contributed by atoms with Crippen LogP contribution in [0.25, 0.3) is 0 Å². The lowest BCUT2D eigenvalue weighted by atomic mass is 10.0. The summed E-state index contributed by atoms with van der Waals surface area (Å²) in [5, 5.41) is 0. The molecule has 0 aliphatic heterocycles. The van der Waals surface area contributed by atoms with Crippen LogP contribution in [-0.2, 0) is 0 Å². The Kier molecular flexibility index (Phi) is 59.5. The molecule has 0 aliphatic carbocycles. The van der Waals surface area contributed by atoms with E-state index in [-0.39, 0.29) is 0 Å². The van der Waals surface area contributed by atoms with Gasteiger partial charge in [-0.15, -0.1) is 6.58 Å². The highest BCUT2D eigenvalue weighted by Gasteiger charge is 2.00. The van der Waals surface area contributed by atoms with Crippen LogP contribution in [0.2, 0.25) is 0 Å². The van der Waals surface area contributed by atoms with Crippen LogP contribution in [-0.4, -0.2) is 0 Å². The van der Waals surface area contributed by atoms with E-state index in [2.05, 4.69) is 19.6 Å². The molecular weight excluding hydrogens is 733 g/mol. The fourth-order valence-corrected chi connectivity index (χ4v) is 10.1. The second-order valence-corrected chi connectivity index (χ2v) is 20.9. The molecule has 0 saturated heterocycles. The molecule has 0 aromatic heterocycles. The summed E-state index contributed by atoms with van der Waals surface area (Å²) in [5.41, 5.74) is 0. The Balaban J connectivity index is 3.06. The number of hydrogen-bond donors (Lipinski definition) is 0. The van der Waals surface area contributed by atoms with Crippen LogP contribution in [0.4, 0.5) is 0 Å². The molecule has 0 unspecified atom stereocenters. The first-order valence-corrected chi connectivity index (χ1v) is 30.0. The highest BCUT2D eigenvalue weighted by molar-refractivity contribution is 4.65. The standard InChI is InChI=1S/C61H122/c1-3-5-7-9-11-13-15-17-19-21-23-25-27-29-31-33-35-37-39-41-43-45-47-49-51-53-55-57-59-61-60-58-56-54-52-50-48-46-44-42-40-38-36-34-32-30-28-26-24-22-20-18-16-14-12-10-8-6-4-2/h3H,1,4-61H2,2H3. The molecule has 0 bridgehead atoms. The number of unbranched alkanes of at least 4 members (excludes halogenated alkanes) is 57. The molecular formula is C61H122. The molecule has 0 heterocycles. The summed E-state index contributed by atoms with van der Waals surface area (Å²) in [6, 6.07) is 0. The molecule has 0 nitrogen and oxygen atoms in total. The van der Waals surface area contributed by atoms with Crippen LogP contribution in [0, 0.1) is 0 Å². The average molecular weight is 856 g/mol. The van der Waals surface area contributed by atoms with E-state index >= 15 is 0 Å². The summed E-state index contributed by atoms with van der Waals surface area (Å²) in [6.45, 7) is 6.13. The van der Waals surface area contributed by atoms with Gasteiger partial charge in [0.25, 0.3) is 0 Å². The van der Waals surface area contributed by atoms with Gasteiger partial charge in [0.15, 0.2) is 0 Å². The van der Waals surface area contributed by atoms with Gasteiger partial charge in [-0.05, 0) is 12.8 Å². The third-order valence-corrected chi connectivity index (χ3v) is 14.5. The Morgan fingerprint density at radius 2 is 0.262 bits per heavy atom. The van der Waals surface area contributed by atoms with Gasteiger partial charge in [-0.3, -0.25) is 0 Å². The molecule has 0 atom stereocenters. The summed E-state index contributed by atoms with van der Waals surface area (Å²) in [4.78, 5) is 0. The molecule has 0 aliphatic rings. The van der Waals surface area contributed by atoms with Crippen LogP contribution < -0.4 is 0 Å². The fourth-order valence-electron chi connectivity index (χ4n) is 10.1. The van der Waals surface area contributed by atoms with Gasteiger partial charge in [-0.1, -0.05) is 373 Å². The van der Waals surface area contributed by atoms with Crippen molar-refractivity contribution in [2.45, 2.75) is 379 Å². The van der Waals surface area contributed by atoms with E-state index < -0.39 is 0 Å². The van der Waals surface area contributed by atoms with E-state index in [0.29, 0.717) is 0 Å². The summed E-state index contributed by atoms with van der Waals surface area (Å²) >= 11 is 0. The molecule has 366 valence electrons. The van der Waals surface area contributed by atoms with Crippen molar-refractivity contribution in [3.63, 3.8) is 0 Å². The van der Waals surface area contributed by atoms with E-state index in [9.17, 15) is 0 Å². The summed E-state index contributed by atoms with van der Waals surface area (Å²) < 4.78 is 0. The van der Waals surface area contributed by atoms with E-state index in [1.54, 1.807) is 0 Å². The maximum atomic E-state index is 3.82. The number of hydrogen-bond acceptors (Lipinski definition) is 0. The Labute approximate surface area is 390 Å². The highest BCUT2D eigenvalue weighted by atomic mass is 14.1. The van der Waals surface area contributed by atoms with E-state index in [4.69, 9.17) is 0 Å². The van der Waals surface area contributed by atoms with Crippen molar-refractivity contribution in [1.29, 1.82) is 0 Å². The monoisotopic (exact) mass is 855 g/mol. The second kappa shape index (κ2) is 59.7. The maximum absolute atomic E-state index is 3.82. The molecule has 0 N–H and O–H groups in total. The van der Waals surface area contributed by atoms with Gasteiger partial charge in [0, 0.05) is 0 Å². The molecule has 0 aromatic rings. The lowest BCUT2D eigenvalue weighted by Gasteiger charge is -2.05. The van der Waals surface area contributed by atoms with Crippen LogP contribution >= 0.6 is 0 Å². The average Bonchev–Trinajstić information content (AvgIpc) is 3.27. The van der Waals surface area contributed by atoms with Gasteiger partial charge in [0.1, 0.15) is 0 Å². The lowest BCUT2D eigenvalue weighted by molar-refractivity contribution is 0.507. The van der Waals surface area contributed by atoms with Crippen molar-refractivity contribution in [2.75, 3.05) is 0 Å². The first kappa shape index (κ1) is 60.7. The first-order valence-electron chi connectivity index (χ1n) is 30.0. The van der Waals surface area contributed by atoms with Gasteiger partial charge in [0.05, 0.1) is 0 Å². The van der Waals surface area contributed by atoms with E-state index in [0.717, 1.165) is 0 Å². The maximum Gasteiger partial charge on any atom is -0.0353 e. The molecule has 0 heteroatoms. The van der Waals surface area contributed by atoms with Gasteiger partial charge in [0.2, 0.25) is 0 Å². The van der Waals surface area contributed by atoms with Crippen molar-refractivity contribution in [3.05, 3.63) is 12.7 Å². The predicted molar refractivity (Wildman–Crippen MR) is 284 cm³/mol. The Morgan fingerprint density at radius 3 is 0.361 bits per heavy atom. The molecule has 0 amide bonds. The molecule has 0 radical (unpaired) electrons. The largest absolute Gasteiger partial charge is 0.103 e. The topological polar surface area (TPSA) is 0 Å². The van der Waals surface area contributed by atoms with Crippen LogP contribution in [0.3, 0.4) is 0 Å². The lowest BCUT2D eigenvalue weighted by Crippen LogP contribution is -1.85. The minimum Gasteiger partial charge on any atom is -0.103 e. The molecule has 0 saturated carbocycles. The normalized spacial score (nSPS) is 11.6. The SMILES string of the molecule is C=CCCCCCCCCCCCCCCCCCCCCCCCCCCCCCCCCCCCCCCCCCCCCCCCCCCCCCCCCCCC. The van der Waals surface area contributed by atoms with E-state index in [1.165, 1.54) is 372 Å². The third-order valence-electron chi connectivity index (χ3n) is 14.5. The Hall–Kier alpha value is -0.260. The van der Waals surface area contributed by atoms with Crippen LogP contribution in [0.5, 0.6) is 0 Å². The van der Waals surface area contributed by atoms with Crippen LogP contribution in [0.1, 0.15) is 379 Å². The number of allylic oxidation sites excluding steroid dienone is 1. The minimum atomic E-state index is 1.21. The van der Waals surface area contributed by atoms with Gasteiger partial charge >= 0.3 is 0 Å². The summed E-state index contributed by atoms with van der Waals surface area (Å²) in [7, 11) is 0. The molecule has 0 rings (SSSR count). The predicted octanol–water partition coefficient (Wildman–Crippen LogP) is 23.8. The molecule has 0 fully saturated rings. The van der Waals surface area contributed by atoms with Crippen molar-refractivity contribution < 1.29 is 0 Å². The summed E-state index contributed by atoms with van der Waals surface area (Å²) in [6.07, 6.45) is 87.9. The molecule has 0 spiro atoms. The Morgan fingerprint density at radius 1 is 0.164 bits per heavy atom. The highest BCUT2D eigenvalue weighted by Crippen LogP contribution is 2.19. The van der Waals surface area contributed by atoms with Crippen molar-refractivity contribution >= 4 is 0 Å². The van der Waals surface area contributed by atoms with Gasteiger partial charge in [-0.2, -0.15) is 0 Å². The van der Waals surface area contributed by atoms with Crippen LogP contribution in [0.15, 0.2) is 12.7 Å². The third kappa shape index (κ3) is 59.7. The van der Waals surface area contributed by atoms with Crippen molar-refractivity contribution in [2.24, 2.45) is 0 Å². The molecule has 61 heavy (non-hydrogen) atoms. The number of rotatable bonds is 58. The second-order valence-electron chi connectivity index (χ2n) is 20.9. The van der Waals surface area contributed by atoms with Gasteiger partial charge < -0.3 is 0 Å². The molecule has 0 aromatic carbocycles. The minimum absolute atomic E-state index is 1.21. The zero-order valence-corrected chi connectivity index (χ0v) is 43.3. The van der Waals surface area contributed by atoms with Crippen molar-refractivity contribution in [3.8, 4) is 0 Å². The van der Waals surface area contributed by atoms with Gasteiger partial charge in [-0.25, -0.2) is 0 Å². The first-order chi connectivity index (χ1) is 30.4. The van der Waals surface area contributed by atoms with E-state index in [1.807, 2.05) is 0 Å². The quantitative estimate of drug-likeness (QED) is 0.0422. The van der Waals surface area contributed by atoms with Crippen molar-refractivity contribution in [1.82, 2.24) is 0 Å². The zero-order valence-electron chi connectivity index (χ0n) is 43.3. The zero-order chi connectivity index (χ0) is 43.7. The fraction of sp³-hybridized carbons (Fsp3) is 0.967. The summed E-state index contributed by atoms with van der Waals surface area (Å²) in [5.74, 6) is 0.